The molecule has 0 saturated carbocycles. The molecule has 11 nitrogen and oxygen atoms in total. The van der Waals surface area contributed by atoms with Crippen LogP contribution in [0.1, 0.15) is 71.1 Å². The van der Waals surface area contributed by atoms with E-state index in [9.17, 15) is 19.2 Å². The third-order valence-electron chi connectivity index (χ3n) is 6.72. The number of rotatable bonds is 11. The highest BCUT2D eigenvalue weighted by atomic mass is 35.5. The van der Waals surface area contributed by atoms with E-state index in [1.54, 1.807) is 46.3 Å². The summed E-state index contributed by atoms with van der Waals surface area (Å²) in [5.41, 5.74) is 7.39. The van der Waals surface area contributed by atoms with Gasteiger partial charge in [0.15, 0.2) is 5.78 Å². The Morgan fingerprint density at radius 3 is 2.72 bits per heavy atom. The number of fused-ring (bicyclic) bond motifs is 1. The van der Waals surface area contributed by atoms with Crippen molar-refractivity contribution in [1.29, 1.82) is 0 Å². The molecule has 13 heteroatoms. The van der Waals surface area contributed by atoms with E-state index in [1.807, 2.05) is 0 Å². The Labute approximate surface area is 235 Å². The van der Waals surface area contributed by atoms with Crippen molar-refractivity contribution in [3.05, 3.63) is 51.3 Å². The van der Waals surface area contributed by atoms with Gasteiger partial charge in [-0.1, -0.05) is 18.0 Å². The standard InChI is InChI=1S/C26H32ClN7O4S/c1-15(35)30-8-4-3-5-16(24(37)29-2)9-22(36)20-14-39-25(32-20)21-10-18(28)12-34(21)26(38)19-13-33-11-17(27)6-7-23(33)31-19/h6-7,11,13-14,16,18,21H,3-5,8-10,12,28H2,1-2H3,(H,29,37)(H,30,35)/t16-,18-,21+/m1/s1. The zero-order valence-electron chi connectivity index (χ0n) is 21.9. The van der Waals surface area contributed by atoms with Crippen LogP contribution in [0, 0.1) is 5.92 Å². The van der Waals surface area contributed by atoms with Gasteiger partial charge in [0.25, 0.3) is 5.91 Å². The van der Waals surface area contributed by atoms with Crippen LogP contribution in [-0.4, -0.2) is 69.0 Å². The molecule has 3 amide bonds. The number of nitrogens with two attached hydrogens (primary N) is 1. The number of hydrogen-bond donors (Lipinski definition) is 3. The zero-order valence-corrected chi connectivity index (χ0v) is 23.4. The lowest BCUT2D eigenvalue weighted by molar-refractivity contribution is -0.124. The van der Waals surface area contributed by atoms with Crippen molar-refractivity contribution in [3.63, 3.8) is 0 Å². The van der Waals surface area contributed by atoms with Gasteiger partial charge in [-0.3, -0.25) is 19.2 Å². The molecule has 0 unspecified atom stereocenters. The van der Waals surface area contributed by atoms with E-state index in [0.29, 0.717) is 54.5 Å². The number of hydrogen-bond acceptors (Lipinski definition) is 8. The smallest absolute Gasteiger partial charge is 0.274 e. The van der Waals surface area contributed by atoms with Gasteiger partial charge >= 0.3 is 0 Å². The maximum absolute atomic E-state index is 13.4. The Morgan fingerprint density at radius 2 is 1.97 bits per heavy atom. The third-order valence-corrected chi connectivity index (χ3v) is 7.89. The highest BCUT2D eigenvalue weighted by Gasteiger charge is 2.38. The largest absolute Gasteiger partial charge is 0.359 e. The number of carbonyl (C=O) groups excluding carboxylic acids is 4. The van der Waals surface area contributed by atoms with Crippen molar-refractivity contribution in [2.75, 3.05) is 20.1 Å². The van der Waals surface area contributed by atoms with Crippen LogP contribution >= 0.6 is 22.9 Å². The number of amides is 3. The fourth-order valence-corrected chi connectivity index (χ4v) is 5.87. The molecule has 1 saturated heterocycles. The topological polar surface area (TPSA) is 152 Å². The number of aromatic nitrogens is 3. The molecule has 3 atom stereocenters. The molecule has 39 heavy (non-hydrogen) atoms. The minimum absolute atomic E-state index is 0.0274. The van der Waals surface area contributed by atoms with Gasteiger partial charge in [-0.25, -0.2) is 9.97 Å². The first kappa shape index (κ1) is 28.7. The molecule has 4 N–H and O–H groups in total. The number of Topliss-reactive ketones (excluding diaryl/α,β-unsaturated/α-hetero) is 1. The second-order valence-electron chi connectivity index (χ2n) is 9.70. The quantitative estimate of drug-likeness (QED) is 0.235. The summed E-state index contributed by atoms with van der Waals surface area (Å²) in [4.78, 5) is 60.6. The van der Waals surface area contributed by atoms with Gasteiger partial charge in [-0.15, -0.1) is 11.3 Å². The van der Waals surface area contributed by atoms with E-state index in [4.69, 9.17) is 17.3 Å². The molecule has 0 bridgehead atoms. The molecular weight excluding hydrogens is 542 g/mol. The predicted molar refractivity (Wildman–Crippen MR) is 148 cm³/mol. The summed E-state index contributed by atoms with van der Waals surface area (Å²) in [6.07, 6.45) is 5.79. The minimum atomic E-state index is -0.494. The Balaban J connectivity index is 1.43. The lowest BCUT2D eigenvalue weighted by Crippen LogP contribution is -2.33. The predicted octanol–water partition coefficient (Wildman–Crippen LogP) is 2.60. The van der Waals surface area contributed by atoms with Crippen molar-refractivity contribution in [2.45, 2.75) is 51.1 Å². The number of halogens is 1. The van der Waals surface area contributed by atoms with Gasteiger partial charge in [-0.2, -0.15) is 0 Å². The Morgan fingerprint density at radius 1 is 1.18 bits per heavy atom. The first-order chi connectivity index (χ1) is 18.7. The summed E-state index contributed by atoms with van der Waals surface area (Å²) >= 11 is 7.36. The van der Waals surface area contributed by atoms with Crippen molar-refractivity contribution >= 4 is 52.1 Å². The second-order valence-corrected chi connectivity index (χ2v) is 11.0. The number of ketones is 1. The molecule has 4 heterocycles. The maximum atomic E-state index is 13.4. The van der Waals surface area contributed by atoms with E-state index in [1.165, 1.54) is 18.3 Å². The first-order valence-electron chi connectivity index (χ1n) is 12.8. The average molecular weight is 574 g/mol. The van der Waals surface area contributed by atoms with E-state index < -0.39 is 5.92 Å². The molecule has 0 aromatic carbocycles. The normalized spacial score (nSPS) is 17.8. The molecule has 0 radical (unpaired) electrons. The molecule has 1 fully saturated rings. The summed E-state index contributed by atoms with van der Waals surface area (Å²) in [6, 6.07) is 2.83. The molecule has 3 aromatic heterocycles. The summed E-state index contributed by atoms with van der Waals surface area (Å²) in [5.74, 6) is -1.30. The molecule has 4 rings (SSSR count). The Hall–Kier alpha value is -3.35. The summed E-state index contributed by atoms with van der Waals surface area (Å²) in [6.45, 7) is 2.33. The Kier molecular flexibility index (Phi) is 9.31. The number of imidazole rings is 1. The number of thiazole rings is 1. The summed E-state index contributed by atoms with van der Waals surface area (Å²) in [5, 5.41) is 8.19. The monoisotopic (exact) mass is 573 g/mol. The van der Waals surface area contributed by atoms with Crippen LogP contribution in [0.5, 0.6) is 0 Å². The van der Waals surface area contributed by atoms with Crippen LogP contribution in [0.2, 0.25) is 5.02 Å². The minimum Gasteiger partial charge on any atom is -0.359 e. The third kappa shape index (κ3) is 7.00. The van der Waals surface area contributed by atoms with Crippen LogP contribution in [-0.2, 0) is 9.59 Å². The number of unbranched alkanes of at least 4 members (excludes halogenated alkanes) is 1. The van der Waals surface area contributed by atoms with Crippen molar-refractivity contribution in [3.8, 4) is 0 Å². The van der Waals surface area contributed by atoms with Crippen LogP contribution in [0.4, 0.5) is 0 Å². The van der Waals surface area contributed by atoms with Crippen molar-refractivity contribution in [2.24, 2.45) is 11.7 Å². The molecule has 1 aliphatic rings. The van der Waals surface area contributed by atoms with E-state index in [2.05, 4.69) is 20.6 Å². The van der Waals surface area contributed by atoms with Crippen LogP contribution in [0.3, 0.4) is 0 Å². The number of nitrogens with one attached hydrogen (secondary N) is 2. The zero-order chi connectivity index (χ0) is 28.1. The Bertz CT molecular complexity index is 1370. The van der Waals surface area contributed by atoms with E-state index >= 15 is 0 Å². The van der Waals surface area contributed by atoms with Crippen LogP contribution < -0.4 is 16.4 Å². The lowest BCUT2D eigenvalue weighted by Gasteiger charge is -2.21. The van der Waals surface area contributed by atoms with Gasteiger partial charge in [0.2, 0.25) is 11.8 Å². The van der Waals surface area contributed by atoms with Gasteiger partial charge in [0.05, 0.1) is 11.1 Å². The van der Waals surface area contributed by atoms with E-state index in [-0.39, 0.29) is 53.4 Å². The average Bonchev–Trinajstić information content (AvgIpc) is 3.64. The summed E-state index contributed by atoms with van der Waals surface area (Å²) in [7, 11) is 1.55. The number of nitrogens with zero attached hydrogens (tertiary/aromatic N) is 4. The molecular formula is C26H32ClN7O4S. The lowest BCUT2D eigenvalue weighted by atomic mass is 9.94. The molecule has 1 aliphatic heterocycles. The van der Waals surface area contributed by atoms with Gasteiger partial charge < -0.3 is 25.7 Å². The molecule has 3 aromatic rings. The number of likely N-dealkylation sites (tertiary alicyclic amines) is 1. The molecule has 208 valence electrons. The molecule has 0 spiro atoms. The highest BCUT2D eigenvalue weighted by molar-refractivity contribution is 7.09. The van der Waals surface area contributed by atoms with Crippen molar-refractivity contribution in [1.82, 2.24) is 29.9 Å². The highest BCUT2D eigenvalue weighted by Crippen LogP contribution is 2.35. The number of carbonyl (C=O) groups is 4. The maximum Gasteiger partial charge on any atom is 0.274 e. The fraction of sp³-hybridized carbons (Fsp3) is 0.462. The molecule has 0 aliphatic carbocycles. The van der Waals surface area contributed by atoms with E-state index in [0.717, 1.165) is 0 Å². The summed E-state index contributed by atoms with van der Waals surface area (Å²) < 4.78 is 1.70. The SMILES string of the molecule is CNC(=O)[C@H](CCCCNC(C)=O)CC(=O)c1csc([C@@H]2C[C@@H](N)CN2C(=O)c2cn3cc(Cl)ccc3n2)n1. The van der Waals surface area contributed by atoms with Crippen LogP contribution in [0.15, 0.2) is 29.9 Å². The first-order valence-corrected chi connectivity index (χ1v) is 14.1. The van der Waals surface area contributed by atoms with Crippen molar-refractivity contribution < 1.29 is 19.2 Å². The van der Waals surface area contributed by atoms with Crippen LogP contribution in [0.25, 0.3) is 5.65 Å². The fourth-order valence-electron chi connectivity index (χ4n) is 4.75. The van der Waals surface area contributed by atoms with Gasteiger partial charge in [-0.05, 0) is 31.4 Å². The second kappa shape index (κ2) is 12.7. The van der Waals surface area contributed by atoms with Gasteiger partial charge in [0, 0.05) is 63.2 Å². The van der Waals surface area contributed by atoms with Gasteiger partial charge in [0.1, 0.15) is 22.0 Å². The number of pyridine rings is 1.